The molecule has 3 aromatic rings. The summed E-state index contributed by atoms with van der Waals surface area (Å²) in [5, 5.41) is 0. The van der Waals surface area contributed by atoms with Crippen molar-refractivity contribution < 1.29 is 9.15 Å². The number of anilines is 1. The lowest BCUT2D eigenvalue weighted by atomic mass is 10.1. The Balaban J connectivity index is 2.22. The van der Waals surface area contributed by atoms with Crippen LogP contribution in [0.1, 0.15) is 11.1 Å². The Morgan fingerprint density at radius 3 is 2.70 bits per heavy atom. The topological polar surface area (TPSA) is 61.3 Å². The van der Waals surface area contributed by atoms with Crippen LogP contribution in [0.3, 0.4) is 0 Å². The molecule has 20 heavy (non-hydrogen) atoms. The average molecular weight is 268 g/mol. The molecule has 0 aliphatic carbocycles. The highest BCUT2D eigenvalue weighted by Gasteiger charge is 2.14. The van der Waals surface area contributed by atoms with Gasteiger partial charge in [0.25, 0.3) is 0 Å². The van der Waals surface area contributed by atoms with Gasteiger partial charge in [0.15, 0.2) is 5.58 Å². The zero-order chi connectivity index (χ0) is 14.3. The summed E-state index contributed by atoms with van der Waals surface area (Å²) in [4.78, 5) is 4.56. The number of rotatable bonds is 2. The number of benzene rings is 2. The molecule has 0 bridgehead atoms. The lowest BCUT2D eigenvalue weighted by Crippen LogP contribution is -1.91. The summed E-state index contributed by atoms with van der Waals surface area (Å²) in [5.74, 6) is 1.32. The molecule has 0 spiro atoms. The minimum atomic E-state index is 0.555. The minimum absolute atomic E-state index is 0.555. The van der Waals surface area contributed by atoms with E-state index in [1.165, 1.54) is 0 Å². The predicted molar refractivity (Wildman–Crippen MR) is 79.9 cm³/mol. The van der Waals surface area contributed by atoms with Crippen molar-refractivity contribution in [2.75, 3.05) is 12.8 Å². The number of hydrogen-bond acceptors (Lipinski definition) is 4. The summed E-state index contributed by atoms with van der Waals surface area (Å²) in [6.45, 7) is 3.97. The number of aryl methyl sites for hydroxylation is 2. The van der Waals surface area contributed by atoms with Gasteiger partial charge >= 0.3 is 0 Å². The van der Waals surface area contributed by atoms with Crippen LogP contribution in [0.4, 0.5) is 5.69 Å². The second-order valence-corrected chi connectivity index (χ2v) is 4.85. The van der Waals surface area contributed by atoms with Crippen LogP contribution in [0.5, 0.6) is 5.75 Å². The molecule has 0 unspecified atom stereocenters. The van der Waals surface area contributed by atoms with Crippen LogP contribution in [-0.2, 0) is 0 Å². The summed E-state index contributed by atoms with van der Waals surface area (Å²) in [6.07, 6.45) is 0. The van der Waals surface area contributed by atoms with Gasteiger partial charge in [0, 0.05) is 5.56 Å². The number of oxazole rings is 1. The van der Waals surface area contributed by atoms with Gasteiger partial charge in [-0.1, -0.05) is 12.1 Å². The van der Waals surface area contributed by atoms with Gasteiger partial charge in [0.2, 0.25) is 5.89 Å². The van der Waals surface area contributed by atoms with E-state index >= 15 is 0 Å². The number of nitrogen functional groups attached to an aromatic ring is 1. The molecule has 0 radical (unpaired) electrons. The SMILES string of the molecule is COc1cccc(-c2nc3c(C)cc(C)c(N)c3o2)c1. The fourth-order valence-electron chi connectivity index (χ4n) is 2.30. The molecule has 4 heteroatoms. The zero-order valence-corrected chi connectivity index (χ0v) is 11.7. The lowest BCUT2D eigenvalue weighted by Gasteiger charge is -2.01. The van der Waals surface area contributed by atoms with Gasteiger partial charge in [0.05, 0.1) is 12.8 Å². The predicted octanol–water partition coefficient (Wildman–Crippen LogP) is 3.70. The van der Waals surface area contributed by atoms with Crippen molar-refractivity contribution in [3.8, 4) is 17.2 Å². The van der Waals surface area contributed by atoms with Crippen LogP contribution in [0, 0.1) is 13.8 Å². The largest absolute Gasteiger partial charge is 0.497 e. The molecular formula is C16H16N2O2. The smallest absolute Gasteiger partial charge is 0.227 e. The zero-order valence-electron chi connectivity index (χ0n) is 11.7. The molecule has 1 heterocycles. The summed E-state index contributed by atoms with van der Waals surface area (Å²) >= 11 is 0. The van der Waals surface area contributed by atoms with E-state index in [0.29, 0.717) is 17.2 Å². The molecule has 1 aromatic heterocycles. The van der Waals surface area contributed by atoms with Crippen LogP contribution in [-0.4, -0.2) is 12.1 Å². The molecule has 2 N–H and O–H groups in total. The van der Waals surface area contributed by atoms with E-state index in [9.17, 15) is 0 Å². The molecule has 4 nitrogen and oxygen atoms in total. The van der Waals surface area contributed by atoms with Crippen LogP contribution in [0.25, 0.3) is 22.6 Å². The molecule has 0 atom stereocenters. The number of methoxy groups -OCH3 is 1. The first-order chi connectivity index (χ1) is 9.60. The minimum Gasteiger partial charge on any atom is -0.497 e. The van der Waals surface area contributed by atoms with Gasteiger partial charge in [-0.25, -0.2) is 4.98 Å². The summed E-state index contributed by atoms with van der Waals surface area (Å²) in [5.41, 5.74) is 11.1. The third-order valence-corrected chi connectivity index (χ3v) is 3.42. The highest BCUT2D eigenvalue weighted by atomic mass is 16.5. The van der Waals surface area contributed by atoms with E-state index in [0.717, 1.165) is 28.0 Å². The van der Waals surface area contributed by atoms with Crippen LogP contribution < -0.4 is 10.5 Å². The number of nitrogens with zero attached hydrogens (tertiary/aromatic N) is 1. The third-order valence-electron chi connectivity index (χ3n) is 3.42. The van der Waals surface area contributed by atoms with Gasteiger partial charge in [-0.2, -0.15) is 0 Å². The maximum Gasteiger partial charge on any atom is 0.227 e. The average Bonchev–Trinajstić information content (AvgIpc) is 2.91. The fraction of sp³-hybridized carbons (Fsp3) is 0.188. The monoisotopic (exact) mass is 268 g/mol. The number of aromatic nitrogens is 1. The number of hydrogen-bond donors (Lipinski definition) is 1. The Hall–Kier alpha value is -2.49. The van der Waals surface area contributed by atoms with Crippen molar-refractivity contribution in [2.24, 2.45) is 0 Å². The normalized spacial score (nSPS) is 10.9. The molecule has 0 aliphatic heterocycles. The third kappa shape index (κ3) is 1.90. The fourth-order valence-corrected chi connectivity index (χ4v) is 2.30. The summed E-state index contributed by atoms with van der Waals surface area (Å²) in [6, 6.07) is 9.64. The molecule has 0 saturated heterocycles. The first-order valence-electron chi connectivity index (χ1n) is 6.41. The highest BCUT2D eigenvalue weighted by Crippen LogP contribution is 2.32. The number of fused-ring (bicyclic) bond motifs is 1. The molecule has 0 fully saturated rings. The van der Waals surface area contributed by atoms with Crippen LogP contribution >= 0.6 is 0 Å². The van der Waals surface area contributed by atoms with Crippen LogP contribution in [0.2, 0.25) is 0 Å². The van der Waals surface area contributed by atoms with E-state index in [1.54, 1.807) is 7.11 Å². The Kier molecular flexibility index (Phi) is 2.86. The first-order valence-corrected chi connectivity index (χ1v) is 6.41. The van der Waals surface area contributed by atoms with Crippen molar-refractivity contribution in [3.05, 3.63) is 41.5 Å². The molecule has 3 rings (SSSR count). The van der Waals surface area contributed by atoms with E-state index in [2.05, 4.69) is 4.98 Å². The van der Waals surface area contributed by atoms with Gasteiger partial charge in [-0.05, 0) is 43.2 Å². The van der Waals surface area contributed by atoms with Crippen molar-refractivity contribution >= 4 is 16.8 Å². The van der Waals surface area contributed by atoms with Crippen molar-refractivity contribution in [1.29, 1.82) is 0 Å². The summed E-state index contributed by atoms with van der Waals surface area (Å²) in [7, 11) is 1.64. The van der Waals surface area contributed by atoms with E-state index in [-0.39, 0.29) is 0 Å². The maximum atomic E-state index is 6.08. The van der Waals surface area contributed by atoms with Crippen LogP contribution in [0.15, 0.2) is 34.7 Å². The van der Waals surface area contributed by atoms with Gasteiger partial charge in [-0.3, -0.25) is 0 Å². The van der Waals surface area contributed by atoms with E-state index in [4.69, 9.17) is 14.9 Å². The molecule has 0 amide bonds. The van der Waals surface area contributed by atoms with E-state index in [1.807, 2.05) is 44.2 Å². The van der Waals surface area contributed by atoms with Crippen molar-refractivity contribution in [3.63, 3.8) is 0 Å². The number of ether oxygens (including phenoxy) is 1. The molecule has 102 valence electrons. The Morgan fingerprint density at radius 1 is 1.15 bits per heavy atom. The molecule has 0 aliphatic rings. The molecule has 2 aromatic carbocycles. The molecule has 0 saturated carbocycles. The second kappa shape index (κ2) is 4.56. The second-order valence-electron chi connectivity index (χ2n) is 4.85. The maximum absolute atomic E-state index is 6.08. The Bertz CT molecular complexity index is 791. The van der Waals surface area contributed by atoms with E-state index < -0.39 is 0 Å². The van der Waals surface area contributed by atoms with Gasteiger partial charge < -0.3 is 14.9 Å². The van der Waals surface area contributed by atoms with Crippen molar-refractivity contribution in [1.82, 2.24) is 4.98 Å². The standard InChI is InChI=1S/C16H16N2O2/c1-9-7-10(2)14-15(13(9)17)20-16(18-14)11-5-4-6-12(8-11)19-3/h4-8H,17H2,1-3H3. The lowest BCUT2D eigenvalue weighted by molar-refractivity contribution is 0.415. The number of nitrogens with two attached hydrogens (primary N) is 1. The highest BCUT2D eigenvalue weighted by molar-refractivity contribution is 5.90. The van der Waals surface area contributed by atoms with Gasteiger partial charge in [0.1, 0.15) is 11.3 Å². The Labute approximate surface area is 117 Å². The quantitative estimate of drug-likeness (QED) is 0.720. The van der Waals surface area contributed by atoms with Gasteiger partial charge in [-0.15, -0.1) is 0 Å². The first kappa shape index (κ1) is 12.5. The Morgan fingerprint density at radius 2 is 1.95 bits per heavy atom. The summed E-state index contributed by atoms with van der Waals surface area (Å²) < 4.78 is 11.1. The molecular weight excluding hydrogens is 252 g/mol. The van der Waals surface area contributed by atoms with Crippen molar-refractivity contribution in [2.45, 2.75) is 13.8 Å².